The molecular weight excluding hydrogens is 364 g/mol. The zero-order chi connectivity index (χ0) is 20.4. The number of benzene rings is 2. The van der Waals surface area contributed by atoms with E-state index in [9.17, 15) is 4.79 Å². The van der Waals surface area contributed by atoms with Crippen molar-refractivity contribution in [1.29, 1.82) is 0 Å². The largest absolute Gasteiger partial charge is 0.441 e. The highest BCUT2D eigenvalue weighted by atomic mass is 16.4. The van der Waals surface area contributed by atoms with Crippen molar-refractivity contribution >= 4 is 11.6 Å². The molecule has 146 valence electrons. The first kappa shape index (κ1) is 18.7. The summed E-state index contributed by atoms with van der Waals surface area (Å²) >= 11 is 0. The lowest BCUT2D eigenvalue weighted by Gasteiger charge is -2.05. The topological polar surface area (TPSA) is 73.0 Å². The van der Waals surface area contributed by atoms with Crippen LogP contribution in [0.4, 0.5) is 5.69 Å². The number of carbonyl (C=O) groups excluding carboxylic acids is 1. The highest BCUT2D eigenvalue weighted by Gasteiger charge is 2.15. The molecule has 1 N–H and O–H groups in total. The normalized spacial score (nSPS) is 11.0. The zero-order valence-corrected chi connectivity index (χ0v) is 16.6. The third-order valence-corrected chi connectivity index (χ3v) is 4.65. The van der Waals surface area contributed by atoms with Gasteiger partial charge in [0.2, 0.25) is 5.89 Å². The van der Waals surface area contributed by atoms with E-state index in [1.807, 2.05) is 61.5 Å². The Hall–Kier alpha value is -3.67. The minimum Gasteiger partial charge on any atom is -0.441 e. The average Bonchev–Trinajstić information content (AvgIpc) is 3.37. The molecule has 0 aliphatic heterocycles. The van der Waals surface area contributed by atoms with E-state index in [-0.39, 0.29) is 11.8 Å². The van der Waals surface area contributed by atoms with Crippen LogP contribution in [-0.2, 0) is 0 Å². The monoisotopic (exact) mass is 386 g/mol. The SMILES string of the molecule is Cc1nn(-c2ccccc2)cc1C(=O)Nc1ccc(-c2ncc(C(C)C)o2)cc1. The van der Waals surface area contributed by atoms with Crippen molar-refractivity contribution in [3.63, 3.8) is 0 Å². The summed E-state index contributed by atoms with van der Waals surface area (Å²) < 4.78 is 7.48. The smallest absolute Gasteiger partial charge is 0.259 e. The number of oxazole rings is 1. The third kappa shape index (κ3) is 3.96. The number of nitrogens with one attached hydrogen (secondary N) is 1. The maximum Gasteiger partial charge on any atom is 0.259 e. The highest BCUT2D eigenvalue weighted by Crippen LogP contribution is 2.24. The van der Waals surface area contributed by atoms with Gasteiger partial charge in [-0.2, -0.15) is 5.10 Å². The summed E-state index contributed by atoms with van der Waals surface area (Å²) in [4.78, 5) is 17.0. The van der Waals surface area contributed by atoms with Gasteiger partial charge in [-0.25, -0.2) is 9.67 Å². The van der Waals surface area contributed by atoms with Crippen LogP contribution in [0.1, 0.15) is 41.6 Å². The molecule has 0 bridgehead atoms. The van der Waals surface area contributed by atoms with E-state index < -0.39 is 0 Å². The minimum atomic E-state index is -0.198. The lowest BCUT2D eigenvalue weighted by Crippen LogP contribution is -2.12. The van der Waals surface area contributed by atoms with Gasteiger partial charge in [0, 0.05) is 23.4 Å². The predicted octanol–water partition coefficient (Wildman–Crippen LogP) is 5.21. The molecule has 0 spiro atoms. The molecule has 6 heteroatoms. The number of amides is 1. The summed E-state index contributed by atoms with van der Waals surface area (Å²) in [5, 5.41) is 7.37. The summed E-state index contributed by atoms with van der Waals surface area (Å²) in [5.41, 5.74) is 3.67. The molecule has 0 unspecified atom stereocenters. The molecule has 0 aliphatic carbocycles. The first-order chi connectivity index (χ1) is 14.0. The molecule has 0 saturated carbocycles. The van der Waals surface area contributed by atoms with Crippen LogP contribution in [0, 0.1) is 6.92 Å². The van der Waals surface area contributed by atoms with E-state index in [0.717, 1.165) is 17.0 Å². The Bertz CT molecular complexity index is 1130. The van der Waals surface area contributed by atoms with Crippen LogP contribution < -0.4 is 5.32 Å². The van der Waals surface area contributed by atoms with Gasteiger partial charge in [-0.3, -0.25) is 4.79 Å². The highest BCUT2D eigenvalue weighted by molar-refractivity contribution is 6.05. The van der Waals surface area contributed by atoms with E-state index in [2.05, 4.69) is 29.2 Å². The number of para-hydroxylation sites is 1. The van der Waals surface area contributed by atoms with Gasteiger partial charge >= 0.3 is 0 Å². The summed E-state index contributed by atoms with van der Waals surface area (Å²) in [6.07, 6.45) is 3.50. The fourth-order valence-electron chi connectivity index (χ4n) is 2.98. The van der Waals surface area contributed by atoms with Gasteiger partial charge in [0.1, 0.15) is 5.76 Å². The number of rotatable bonds is 5. The Morgan fingerprint density at radius 1 is 1.07 bits per heavy atom. The standard InChI is InChI=1S/C23H22N4O2/c1-15(2)21-13-24-23(29-21)17-9-11-18(12-10-17)25-22(28)20-14-27(26-16(20)3)19-7-5-4-6-8-19/h4-15H,1-3H3,(H,25,28). The van der Waals surface area contributed by atoms with Crippen LogP contribution in [0.2, 0.25) is 0 Å². The van der Waals surface area contributed by atoms with Crippen molar-refractivity contribution < 1.29 is 9.21 Å². The number of carbonyl (C=O) groups is 1. The molecule has 0 aliphatic rings. The molecule has 2 heterocycles. The predicted molar refractivity (Wildman–Crippen MR) is 112 cm³/mol. The van der Waals surface area contributed by atoms with Crippen molar-refractivity contribution in [3.8, 4) is 17.1 Å². The van der Waals surface area contributed by atoms with Crippen molar-refractivity contribution in [2.45, 2.75) is 26.7 Å². The maximum absolute atomic E-state index is 12.7. The molecule has 6 nitrogen and oxygen atoms in total. The summed E-state index contributed by atoms with van der Waals surface area (Å²) in [5.74, 6) is 1.51. The summed E-state index contributed by atoms with van der Waals surface area (Å²) in [6.45, 7) is 5.95. The molecule has 4 aromatic rings. The Balaban J connectivity index is 1.49. The number of aromatic nitrogens is 3. The van der Waals surface area contributed by atoms with E-state index in [4.69, 9.17) is 4.42 Å². The fourth-order valence-corrected chi connectivity index (χ4v) is 2.98. The second-order valence-electron chi connectivity index (χ2n) is 7.16. The maximum atomic E-state index is 12.7. The van der Waals surface area contributed by atoms with Gasteiger partial charge in [-0.15, -0.1) is 0 Å². The van der Waals surface area contributed by atoms with Gasteiger partial charge in [0.05, 0.1) is 23.1 Å². The van der Waals surface area contributed by atoms with Gasteiger partial charge in [-0.05, 0) is 43.3 Å². The average molecular weight is 386 g/mol. The molecule has 2 aromatic carbocycles. The molecule has 29 heavy (non-hydrogen) atoms. The van der Waals surface area contributed by atoms with Crippen LogP contribution in [0.5, 0.6) is 0 Å². The molecule has 1 amide bonds. The Kier molecular flexibility index (Phi) is 4.99. The Labute approximate surface area is 169 Å². The third-order valence-electron chi connectivity index (χ3n) is 4.65. The molecule has 4 rings (SSSR count). The van der Waals surface area contributed by atoms with Gasteiger partial charge < -0.3 is 9.73 Å². The zero-order valence-electron chi connectivity index (χ0n) is 16.6. The van der Waals surface area contributed by atoms with E-state index in [0.29, 0.717) is 22.8 Å². The number of hydrogen-bond donors (Lipinski definition) is 1. The van der Waals surface area contributed by atoms with Crippen LogP contribution in [0.25, 0.3) is 17.1 Å². The lowest BCUT2D eigenvalue weighted by atomic mass is 10.2. The van der Waals surface area contributed by atoms with Crippen LogP contribution in [0.3, 0.4) is 0 Å². The lowest BCUT2D eigenvalue weighted by molar-refractivity contribution is 0.102. The first-order valence-corrected chi connectivity index (χ1v) is 9.50. The molecule has 0 saturated heterocycles. The van der Waals surface area contributed by atoms with Gasteiger partial charge in [-0.1, -0.05) is 32.0 Å². The fraction of sp³-hybridized carbons (Fsp3) is 0.174. The van der Waals surface area contributed by atoms with Crippen molar-refractivity contribution in [1.82, 2.24) is 14.8 Å². The van der Waals surface area contributed by atoms with E-state index in [1.165, 1.54) is 0 Å². The summed E-state index contributed by atoms with van der Waals surface area (Å²) in [6, 6.07) is 17.1. The molecule has 0 radical (unpaired) electrons. The molecule has 0 fully saturated rings. The first-order valence-electron chi connectivity index (χ1n) is 9.50. The second-order valence-corrected chi connectivity index (χ2v) is 7.16. The number of anilines is 1. The van der Waals surface area contributed by atoms with Gasteiger partial charge in [0.15, 0.2) is 0 Å². The molecule has 0 atom stereocenters. The second kappa shape index (κ2) is 7.75. The van der Waals surface area contributed by atoms with Crippen molar-refractivity contribution in [2.75, 3.05) is 5.32 Å². The van der Waals surface area contributed by atoms with Crippen molar-refractivity contribution in [2.24, 2.45) is 0 Å². The quantitative estimate of drug-likeness (QED) is 0.511. The number of hydrogen-bond acceptors (Lipinski definition) is 4. The number of nitrogens with zero attached hydrogens (tertiary/aromatic N) is 3. The van der Waals surface area contributed by atoms with E-state index in [1.54, 1.807) is 17.1 Å². The van der Waals surface area contributed by atoms with E-state index >= 15 is 0 Å². The van der Waals surface area contributed by atoms with Crippen molar-refractivity contribution in [3.05, 3.63) is 84.0 Å². The van der Waals surface area contributed by atoms with Crippen LogP contribution in [0.15, 0.2) is 71.4 Å². The van der Waals surface area contributed by atoms with Crippen LogP contribution >= 0.6 is 0 Å². The Morgan fingerprint density at radius 2 is 1.79 bits per heavy atom. The molecule has 2 aromatic heterocycles. The Morgan fingerprint density at radius 3 is 2.45 bits per heavy atom. The number of aryl methyl sites for hydroxylation is 1. The molecular formula is C23H22N4O2. The minimum absolute atomic E-state index is 0.198. The summed E-state index contributed by atoms with van der Waals surface area (Å²) in [7, 11) is 0. The van der Waals surface area contributed by atoms with Crippen LogP contribution in [-0.4, -0.2) is 20.7 Å². The van der Waals surface area contributed by atoms with Gasteiger partial charge in [0.25, 0.3) is 5.91 Å².